The zero-order valence-corrected chi connectivity index (χ0v) is 29.6. The van der Waals surface area contributed by atoms with Crippen molar-refractivity contribution in [1.29, 1.82) is 0 Å². The summed E-state index contributed by atoms with van der Waals surface area (Å²) in [4.78, 5) is 26.1. The van der Waals surface area contributed by atoms with Gasteiger partial charge in [0.1, 0.15) is 6.10 Å². The molecule has 4 saturated carbocycles. The van der Waals surface area contributed by atoms with Gasteiger partial charge in [0.2, 0.25) is 0 Å². The van der Waals surface area contributed by atoms with Gasteiger partial charge in [0.05, 0.1) is 18.6 Å². The number of carboxylic acids is 1. The molecule has 0 amide bonds. The van der Waals surface area contributed by atoms with E-state index in [4.69, 9.17) is 9.47 Å². The second kappa shape index (κ2) is 11.4. The Kier molecular flexibility index (Phi) is 8.26. The van der Waals surface area contributed by atoms with E-state index >= 15 is 0 Å². The number of phenols is 1. The number of aromatic hydroxyl groups is 1. The second-order valence-corrected chi connectivity index (χ2v) is 17.3. The molecule has 3 N–H and O–H groups in total. The number of aliphatic carboxylic acids is 1. The maximum atomic E-state index is 13.1. The number of carboxylic acid groups (broad SMARTS) is 1. The molecule has 5 aliphatic carbocycles. The average Bonchev–Trinajstić information content (AvgIpc) is 3.00. The predicted octanol–water partition coefficient (Wildman–Crippen LogP) is 8.04. The van der Waals surface area contributed by atoms with Crippen molar-refractivity contribution in [1.82, 2.24) is 0 Å². The Hall–Kier alpha value is -2.80. The molecule has 0 heterocycles. The molecule has 0 aromatic heterocycles. The average molecular weight is 649 g/mol. The van der Waals surface area contributed by atoms with E-state index in [-0.39, 0.29) is 33.8 Å². The van der Waals surface area contributed by atoms with Crippen LogP contribution in [0.4, 0.5) is 0 Å². The molecule has 0 saturated heterocycles. The van der Waals surface area contributed by atoms with Gasteiger partial charge in [0.15, 0.2) is 11.5 Å². The van der Waals surface area contributed by atoms with Gasteiger partial charge in [-0.3, -0.25) is 4.79 Å². The predicted molar refractivity (Wildman–Crippen MR) is 182 cm³/mol. The van der Waals surface area contributed by atoms with Crippen LogP contribution in [0.3, 0.4) is 0 Å². The summed E-state index contributed by atoms with van der Waals surface area (Å²) in [5, 5.41) is 32.4. The molecule has 0 spiro atoms. The van der Waals surface area contributed by atoms with Crippen molar-refractivity contribution in [3.8, 4) is 11.5 Å². The lowest BCUT2D eigenvalue weighted by atomic mass is 9.33. The van der Waals surface area contributed by atoms with Crippen molar-refractivity contribution >= 4 is 18.0 Å². The van der Waals surface area contributed by atoms with E-state index in [9.17, 15) is 24.9 Å². The molecule has 5 aliphatic rings. The lowest BCUT2D eigenvalue weighted by molar-refractivity contribution is -0.238. The van der Waals surface area contributed by atoms with Crippen LogP contribution in [0.1, 0.15) is 105 Å². The third-order valence-corrected chi connectivity index (χ3v) is 15.2. The highest BCUT2D eigenvalue weighted by atomic mass is 16.6. The van der Waals surface area contributed by atoms with Crippen LogP contribution in [0.25, 0.3) is 6.08 Å². The van der Waals surface area contributed by atoms with E-state index in [0.717, 1.165) is 44.9 Å². The fourth-order valence-electron chi connectivity index (χ4n) is 12.3. The maximum absolute atomic E-state index is 13.1. The number of fused-ring (bicyclic) bond motifs is 7. The van der Waals surface area contributed by atoms with Crippen LogP contribution in [0.15, 0.2) is 35.9 Å². The first-order chi connectivity index (χ1) is 22.0. The molecular weight excluding hydrogens is 592 g/mol. The zero-order chi connectivity index (χ0) is 34.3. The summed E-state index contributed by atoms with van der Waals surface area (Å²) in [5.74, 6) is 0.705. The summed E-state index contributed by atoms with van der Waals surface area (Å²) < 4.78 is 11.3. The van der Waals surface area contributed by atoms with Gasteiger partial charge in [-0.05, 0) is 121 Å². The number of esters is 1. The third kappa shape index (κ3) is 4.83. The maximum Gasteiger partial charge on any atom is 0.331 e. The number of methoxy groups -OCH3 is 1. The number of rotatable bonds is 5. The molecule has 1 aromatic carbocycles. The molecule has 1 aromatic rings. The molecule has 0 radical (unpaired) electrons. The first-order valence-electron chi connectivity index (χ1n) is 17.8. The molecular formula is C40H56O7. The van der Waals surface area contributed by atoms with Crippen LogP contribution in [0.2, 0.25) is 0 Å². The van der Waals surface area contributed by atoms with Crippen LogP contribution in [-0.4, -0.2) is 46.6 Å². The van der Waals surface area contributed by atoms with Gasteiger partial charge < -0.3 is 24.8 Å². The number of hydrogen-bond donors (Lipinski definition) is 3. The molecule has 7 nitrogen and oxygen atoms in total. The fraction of sp³-hybridized carbons (Fsp3) is 0.700. The van der Waals surface area contributed by atoms with Crippen molar-refractivity contribution in [2.24, 2.45) is 56.7 Å². The molecule has 0 bridgehead atoms. The second-order valence-electron chi connectivity index (χ2n) is 17.3. The molecule has 0 aliphatic heterocycles. The summed E-state index contributed by atoms with van der Waals surface area (Å²) in [6, 6.07) is 4.86. The molecule has 6 rings (SSSR count). The van der Waals surface area contributed by atoms with Gasteiger partial charge in [-0.1, -0.05) is 66.2 Å². The van der Waals surface area contributed by atoms with Gasteiger partial charge in [-0.25, -0.2) is 4.79 Å². The molecule has 11 unspecified atom stereocenters. The van der Waals surface area contributed by atoms with E-state index in [1.165, 1.54) is 24.8 Å². The Bertz CT molecular complexity index is 1490. The van der Waals surface area contributed by atoms with E-state index in [1.807, 2.05) is 0 Å². The van der Waals surface area contributed by atoms with Crippen LogP contribution in [-0.2, 0) is 14.3 Å². The van der Waals surface area contributed by atoms with E-state index in [0.29, 0.717) is 35.5 Å². The minimum Gasteiger partial charge on any atom is -0.504 e. The number of ether oxygens (including phenoxy) is 2. The normalized spacial score (nSPS) is 43.9. The number of benzene rings is 1. The molecule has 47 heavy (non-hydrogen) atoms. The van der Waals surface area contributed by atoms with Crippen molar-refractivity contribution in [2.45, 2.75) is 112 Å². The van der Waals surface area contributed by atoms with Gasteiger partial charge in [-0.15, -0.1) is 0 Å². The number of aliphatic hydroxyl groups excluding tert-OH is 1. The van der Waals surface area contributed by atoms with Crippen LogP contribution < -0.4 is 4.74 Å². The highest BCUT2D eigenvalue weighted by molar-refractivity contribution is 5.87. The zero-order valence-electron chi connectivity index (χ0n) is 29.6. The van der Waals surface area contributed by atoms with Crippen LogP contribution in [0.5, 0.6) is 11.5 Å². The van der Waals surface area contributed by atoms with Crippen molar-refractivity contribution in [2.75, 3.05) is 7.11 Å². The smallest absolute Gasteiger partial charge is 0.331 e. The summed E-state index contributed by atoms with van der Waals surface area (Å²) in [6.45, 7) is 16.2. The number of aliphatic hydroxyl groups is 1. The first-order valence-corrected chi connectivity index (χ1v) is 17.8. The molecule has 11 atom stereocenters. The highest BCUT2D eigenvalue weighted by Gasteiger charge is 2.70. The molecule has 7 heteroatoms. The van der Waals surface area contributed by atoms with E-state index < -0.39 is 35.0 Å². The quantitative estimate of drug-likeness (QED) is 0.168. The fourth-order valence-corrected chi connectivity index (χ4v) is 12.3. The highest BCUT2D eigenvalue weighted by Crippen LogP contribution is 2.75. The number of carbonyl (C=O) groups is 2. The van der Waals surface area contributed by atoms with Gasteiger partial charge in [0, 0.05) is 11.5 Å². The summed E-state index contributed by atoms with van der Waals surface area (Å²) in [6.07, 6.45) is 10.9. The van der Waals surface area contributed by atoms with E-state index in [1.54, 1.807) is 18.2 Å². The Labute approximate surface area is 280 Å². The van der Waals surface area contributed by atoms with Crippen molar-refractivity contribution < 1.29 is 34.4 Å². The largest absolute Gasteiger partial charge is 0.504 e. The third-order valence-electron chi connectivity index (χ3n) is 15.2. The van der Waals surface area contributed by atoms with Crippen LogP contribution >= 0.6 is 0 Å². The van der Waals surface area contributed by atoms with Gasteiger partial charge in [-0.2, -0.15) is 0 Å². The number of hydrogen-bond acceptors (Lipinski definition) is 6. The van der Waals surface area contributed by atoms with Crippen molar-refractivity contribution in [3.63, 3.8) is 0 Å². The molecule has 258 valence electrons. The Balaban J connectivity index is 1.28. The van der Waals surface area contributed by atoms with Gasteiger partial charge >= 0.3 is 11.9 Å². The van der Waals surface area contributed by atoms with Crippen molar-refractivity contribution in [3.05, 3.63) is 41.5 Å². The van der Waals surface area contributed by atoms with Crippen LogP contribution in [0, 0.1) is 56.7 Å². The summed E-state index contributed by atoms with van der Waals surface area (Å²) in [5.41, 5.74) is 0.686. The lowest BCUT2D eigenvalue weighted by Crippen LogP contribution is -2.67. The lowest BCUT2D eigenvalue weighted by Gasteiger charge is -2.71. The SMILES string of the molecule is COc1cc(/C=C/C(=O)OC2C(O)CC3(C)C(CCC4(C)C3CC=C3C5C(C)C(C)CCC5(C(=O)O)CCC34C)C2(C)C)ccc1O. The van der Waals surface area contributed by atoms with E-state index in [2.05, 4.69) is 54.5 Å². The Morgan fingerprint density at radius 3 is 2.38 bits per heavy atom. The Morgan fingerprint density at radius 1 is 0.979 bits per heavy atom. The van der Waals surface area contributed by atoms with Gasteiger partial charge in [0.25, 0.3) is 0 Å². The molecule has 4 fully saturated rings. The number of carbonyl (C=O) groups excluding carboxylic acids is 1. The standard InChI is InChI=1S/C40H56O7/c1-23-15-18-40(35(44)45)20-19-38(6)26(33(40)24(23)2)11-13-31-37(5)22-28(42)34(36(3,4)30(37)16-17-39(31,38)7)47-32(43)14-10-25-9-12-27(41)29(21-25)46-8/h9-12,14,21,23-24,28,30-31,33-34,41-42H,13,15-20,22H2,1-8H3,(H,44,45)/b14-10+. The summed E-state index contributed by atoms with van der Waals surface area (Å²) in [7, 11) is 1.48. The topological polar surface area (TPSA) is 113 Å². The number of phenolic OH excluding ortho intramolecular Hbond substituents is 1. The Morgan fingerprint density at radius 2 is 1.70 bits per heavy atom. The summed E-state index contributed by atoms with van der Waals surface area (Å²) >= 11 is 0. The first kappa shape index (κ1) is 34.1. The minimum atomic E-state index is -0.803. The number of allylic oxidation sites excluding steroid dienone is 2. The minimum absolute atomic E-state index is 0.0272. The monoisotopic (exact) mass is 648 g/mol.